The van der Waals surface area contributed by atoms with Crippen molar-refractivity contribution in [3.63, 3.8) is 0 Å². The number of rotatable bonds is 6. The Balaban J connectivity index is 2.06. The standard InChI is InChI=1S/C15H19NO2S/c1-11-16-14(10-19-11)8-12(9-17)7-13-5-3-4-6-15(13)18-2/h3-6,10,12,17H,7-9H2,1-2H3. The van der Waals surface area contributed by atoms with E-state index in [1.54, 1.807) is 18.4 Å². The topological polar surface area (TPSA) is 42.4 Å². The van der Waals surface area contributed by atoms with Gasteiger partial charge in [-0.2, -0.15) is 0 Å². The summed E-state index contributed by atoms with van der Waals surface area (Å²) in [5.74, 6) is 1.06. The molecule has 1 unspecified atom stereocenters. The van der Waals surface area contributed by atoms with Gasteiger partial charge in [-0.25, -0.2) is 4.98 Å². The molecule has 2 rings (SSSR count). The first kappa shape index (κ1) is 14.0. The number of thiazole rings is 1. The number of methoxy groups -OCH3 is 1. The largest absolute Gasteiger partial charge is 0.496 e. The Morgan fingerprint density at radius 2 is 2.11 bits per heavy atom. The van der Waals surface area contributed by atoms with Crippen LogP contribution in [0.25, 0.3) is 0 Å². The number of ether oxygens (including phenoxy) is 1. The van der Waals surface area contributed by atoms with E-state index in [9.17, 15) is 5.11 Å². The number of aliphatic hydroxyl groups excluding tert-OH is 1. The molecule has 4 heteroatoms. The van der Waals surface area contributed by atoms with Gasteiger partial charge in [0.1, 0.15) is 5.75 Å². The average molecular weight is 277 g/mol. The number of aromatic nitrogens is 1. The van der Waals surface area contributed by atoms with E-state index in [1.807, 2.05) is 31.2 Å². The summed E-state index contributed by atoms with van der Waals surface area (Å²) in [6.07, 6.45) is 1.61. The van der Waals surface area contributed by atoms with Gasteiger partial charge in [-0.05, 0) is 37.3 Å². The highest BCUT2D eigenvalue weighted by atomic mass is 32.1. The maximum atomic E-state index is 9.55. The predicted molar refractivity (Wildman–Crippen MR) is 77.8 cm³/mol. The van der Waals surface area contributed by atoms with Crippen LogP contribution in [0.1, 0.15) is 16.3 Å². The van der Waals surface area contributed by atoms with Gasteiger partial charge < -0.3 is 9.84 Å². The second kappa shape index (κ2) is 6.68. The molecule has 1 aromatic carbocycles. The van der Waals surface area contributed by atoms with Crippen molar-refractivity contribution in [3.05, 3.63) is 45.9 Å². The molecule has 3 nitrogen and oxygen atoms in total. The monoisotopic (exact) mass is 277 g/mol. The summed E-state index contributed by atoms with van der Waals surface area (Å²) in [7, 11) is 1.68. The molecular formula is C15H19NO2S. The van der Waals surface area contributed by atoms with Crippen LogP contribution in [0.15, 0.2) is 29.6 Å². The van der Waals surface area contributed by atoms with Gasteiger partial charge in [0.05, 0.1) is 17.8 Å². The molecule has 0 fully saturated rings. The van der Waals surface area contributed by atoms with E-state index in [1.165, 1.54) is 0 Å². The molecule has 0 aliphatic carbocycles. The van der Waals surface area contributed by atoms with Gasteiger partial charge in [0.25, 0.3) is 0 Å². The minimum absolute atomic E-state index is 0.161. The molecule has 0 aliphatic heterocycles. The van der Waals surface area contributed by atoms with Crippen LogP contribution in [-0.4, -0.2) is 23.8 Å². The van der Waals surface area contributed by atoms with Crippen molar-refractivity contribution in [2.45, 2.75) is 19.8 Å². The molecule has 102 valence electrons. The Morgan fingerprint density at radius 3 is 2.74 bits per heavy atom. The van der Waals surface area contributed by atoms with Gasteiger partial charge >= 0.3 is 0 Å². The first-order valence-corrected chi connectivity index (χ1v) is 7.24. The second-order valence-electron chi connectivity index (χ2n) is 4.63. The number of nitrogens with zero attached hydrogens (tertiary/aromatic N) is 1. The lowest BCUT2D eigenvalue weighted by molar-refractivity contribution is 0.223. The number of aliphatic hydroxyl groups is 1. The van der Waals surface area contributed by atoms with Crippen LogP contribution < -0.4 is 4.74 Å². The molecule has 0 amide bonds. The fourth-order valence-electron chi connectivity index (χ4n) is 2.18. The van der Waals surface area contributed by atoms with Crippen molar-refractivity contribution < 1.29 is 9.84 Å². The Bertz CT molecular complexity index is 524. The zero-order valence-corrected chi connectivity index (χ0v) is 12.1. The van der Waals surface area contributed by atoms with Gasteiger partial charge in [0.2, 0.25) is 0 Å². The highest BCUT2D eigenvalue weighted by Gasteiger charge is 2.14. The molecule has 19 heavy (non-hydrogen) atoms. The summed E-state index contributed by atoms with van der Waals surface area (Å²) >= 11 is 1.65. The lowest BCUT2D eigenvalue weighted by Crippen LogP contribution is -2.13. The van der Waals surface area contributed by atoms with Gasteiger partial charge in [-0.3, -0.25) is 0 Å². The van der Waals surface area contributed by atoms with Gasteiger partial charge in [0, 0.05) is 12.0 Å². The highest BCUT2D eigenvalue weighted by molar-refractivity contribution is 7.09. The number of aryl methyl sites for hydroxylation is 1. The van der Waals surface area contributed by atoms with Crippen LogP contribution in [0, 0.1) is 12.8 Å². The zero-order valence-electron chi connectivity index (χ0n) is 11.3. The minimum Gasteiger partial charge on any atom is -0.496 e. The molecule has 0 saturated heterocycles. The molecular weight excluding hydrogens is 258 g/mol. The molecule has 1 N–H and O–H groups in total. The molecule has 0 radical (unpaired) electrons. The molecule has 2 aromatic rings. The fourth-order valence-corrected chi connectivity index (χ4v) is 2.81. The fraction of sp³-hybridized carbons (Fsp3) is 0.400. The van der Waals surface area contributed by atoms with Crippen LogP contribution >= 0.6 is 11.3 Å². The third-order valence-corrected chi connectivity index (χ3v) is 3.95. The smallest absolute Gasteiger partial charge is 0.122 e. The van der Waals surface area contributed by atoms with Crippen molar-refractivity contribution in [1.29, 1.82) is 0 Å². The second-order valence-corrected chi connectivity index (χ2v) is 5.69. The minimum atomic E-state index is 0.161. The van der Waals surface area contributed by atoms with Gasteiger partial charge in [-0.15, -0.1) is 11.3 Å². The SMILES string of the molecule is COc1ccccc1CC(CO)Cc1csc(C)n1. The van der Waals surface area contributed by atoms with Crippen LogP contribution in [0.3, 0.4) is 0 Å². The van der Waals surface area contributed by atoms with E-state index < -0.39 is 0 Å². The molecule has 1 atom stereocenters. The van der Waals surface area contributed by atoms with E-state index in [2.05, 4.69) is 10.4 Å². The van der Waals surface area contributed by atoms with Gasteiger partial charge in [-0.1, -0.05) is 18.2 Å². The maximum Gasteiger partial charge on any atom is 0.122 e. The first-order valence-electron chi connectivity index (χ1n) is 6.36. The molecule has 0 aliphatic rings. The Kier molecular flexibility index (Phi) is 4.93. The van der Waals surface area contributed by atoms with Crippen molar-refractivity contribution in [2.75, 3.05) is 13.7 Å². The number of benzene rings is 1. The number of hydrogen-bond acceptors (Lipinski definition) is 4. The highest BCUT2D eigenvalue weighted by Crippen LogP contribution is 2.23. The normalized spacial score (nSPS) is 12.4. The van der Waals surface area contributed by atoms with E-state index in [0.29, 0.717) is 0 Å². The van der Waals surface area contributed by atoms with Gasteiger partial charge in [0.15, 0.2) is 0 Å². The average Bonchev–Trinajstić information content (AvgIpc) is 2.84. The van der Waals surface area contributed by atoms with E-state index >= 15 is 0 Å². The Labute approximate surface area is 117 Å². The van der Waals surface area contributed by atoms with Crippen molar-refractivity contribution >= 4 is 11.3 Å². The predicted octanol–water partition coefficient (Wildman–Crippen LogP) is 2.85. The van der Waals surface area contributed by atoms with Crippen LogP contribution in [0.5, 0.6) is 5.75 Å². The molecule has 0 spiro atoms. The Hall–Kier alpha value is -1.39. The molecule has 1 heterocycles. The van der Waals surface area contributed by atoms with E-state index in [4.69, 9.17) is 4.74 Å². The lowest BCUT2D eigenvalue weighted by atomic mass is 9.95. The molecule has 1 aromatic heterocycles. The zero-order chi connectivity index (χ0) is 13.7. The van der Waals surface area contributed by atoms with Crippen LogP contribution in [0.2, 0.25) is 0 Å². The summed E-state index contributed by atoms with van der Waals surface area (Å²) in [4.78, 5) is 4.46. The number of hydrogen-bond donors (Lipinski definition) is 1. The summed E-state index contributed by atoms with van der Waals surface area (Å²) in [6.45, 7) is 2.16. The quantitative estimate of drug-likeness (QED) is 0.883. The Morgan fingerprint density at radius 1 is 1.32 bits per heavy atom. The maximum absolute atomic E-state index is 9.55. The third kappa shape index (κ3) is 3.78. The first-order chi connectivity index (χ1) is 9.22. The molecule has 0 saturated carbocycles. The number of para-hydroxylation sites is 1. The van der Waals surface area contributed by atoms with Crippen molar-refractivity contribution in [3.8, 4) is 5.75 Å². The summed E-state index contributed by atoms with van der Waals surface area (Å²) in [6, 6.07) is 7.96. The van der Waals surface area contributed by atoms with E-state index in [-0.39, 0.29) is 12.5 Å². The molecule has 0 bridgehead atoms. The van der Waals surface area contributed by atoms with Crippen molar-refractivity contribution in [1.82, 2.24) is 4.98 Å². The summed E-state index contributed by atoms with van der Waals surface area (Å²) in [5.41, 5.74) is 2.20. The summed E-state index contributed by atoms with van der Waals surface area (Å²) in [5, 5.41) is 12.7. The third-order valence-electron chi connectivity index (χ3n) is 3.12. The van der Waals surface area contributed by atoms with Crippen LogP contribution in [-0.2, 0) is 12.8 Å². The lowest BCUT2D eigenvalue weighted by Gasteiger charge is -2.15. The van der Waals surface area contributed by atoms with Crippen LogP contribution in [0.4, 0.5) is 0 Å². The van der Waals surface area contributed by atoms with E-state index in [0.717, 1.165) is 34.9 Å². The summed E-state index contributed by atoms with van der Waals surface area (Å²) < 4.78 is 5.35. The van der Waals surface area contributed by atoms with Crippen molar-refractivity contribution in [2.24, 2.45) is 5.92 Å².